The van der Waals surface area contributed by atoms with Crippen LogP contribution in [0.3, 0.4) is 0 Å². The van der Waals surface area contributed by atoms with Crippen LogP contribution in [0.25, 0.3) is 0 Å². The van der Waals surface area contributed by atoms with Gasteiger partial charge in [0, 0.05) is 19.3 Å². The first-order valence-electron chi connectivity index (χ1n) is 4.91. The second-order valence-corrected chi connectivity index (χ2v) is 4.48. The van der Waals surface area contributed by atoms with Gasteiger partial charge in [0.25, 0.3) is 0 Å². The first kappa shape index (κ1) is 10.0. The fourth-order valence-corrected chi connectivity index (χ4v) is 2.57. The zero-order valence-electron chi connectivity index (χ0n) is 8.27. The molecule has 1 unspecified atom stereocenters. The van der Waals surface area contributed by atoms with Gasteiger partial charge >= 0.3 is 0 Å². The van der Waals surface area contributed by atoms with Gasteiger partial charge < -0.3 is 10.5 Å². The van der Waals surface area contributed by atoms with Crippen LogP contribution in [0, 0.1) is 12.8 Å². The minimum absolute atomic E-state index is 0.0962. The molecule has 0 bridgehead atoms. The lowest BCUT2D eigenvalue weighted by Gasteiger charge is -2.26. The van der Waals surface area contributed by atoms with Gasteiger partial charge in [-0.05, 0) is 37.2 Å². The quantitative estimate of drug-likeness (QED) is 0.803. The minimum atomic E-state index is 0.0962. The average Bonchev–Trinajstić information content (AvgIpc) is 2.65. The molecule has 1 atom stereocenters. The van der Waals surface area contributed by atoms with Gasteiger partial charge in [-0.3, -0.25) is 0 Å². The van der Waals surface area contributed by atoms with Crippen LogP contribution in [0.1, 0.15) is 29.5 Å². The number of ether oxygens (including phenoxy) is 1. The second-order valence-electron chi connectivity index (χ2n) is 3.70. The molecule has 78 valence electrons. The summed E-state index contributed by atoms with van der Waals surface area (Å²) in [6.07, 6.45) is 2.11. The Hall–Kier alpha value is -0.520. The summed E-state index contributed by atoms with van der Waals surface area (Å²) in [6, 6.07) is 0.0962. The normalized spacial score (nSPS) is 21.0. The van der Waals surface area contributed by atoms with Crippen LogP contribution in [-0.4, -0.2) is 22.8 Å². The van der Waals surface area contributed by atoms with Crippen molar-refractivity contribution in [1.29, 1.82) is 0 Å². The van der Waals surface area contributed by atoms with E-state index in [0.717, 1.165) is 36.6 Å². The smallest absolute Gasteiger partial charge is 0.0772 e. The first-order chi connectivity index (χ1) is 6.79. The molecule has 1 fully saturated rings. The maximum atomic E-state index is 6.19. The molecule has 5 heteroatoms. The highest BCUT2D eigenvalue weighted by atomic mass is 32.1. The van der Waals surface area contributed by atoms with E-state index in [1.54, 1.807) is 0 Å². The standard InChI is InChI=1S/C9H15N3OS/c1-6-9(14-12-11-6)8(10)7-2-4-13-5-3-7/h7-8H,2-5,10H2,1H3. The monoisotopic (exact) mass is 213 g/mol. The van der Waals surface area contributed by atoms with Crippen molar-refractivity contribution in [1.82, 2.24) is 9.59 Å². The molecule has 1 aromatic rings. The van der Waals surface area contributed by atoms with Crippen molar-refractivity contribution in [3.63, 3.8) is 0 Å². The molecule has 2 N–H and O–H groups in total. The van der Waals surface area contributed by atoms with Crippen molar-refractivity contribution < 1.29 is 4.74 Å². The van der Waals surface area contributed by atoms with Gasteiger partial charge in [-0.15, -0.1) is 5.10 Å². The Morgan fingerprint density at radius 1 is 1.50 bits per heavy atom. The summed E-state index contributed by atoms with van der Waals surface area (Å²) in [5.41, 5.74) is 7.17. The van der Waals surface area contributed by atoms with E-state index in [1.807, 2.05) is 6.92 Å². The van der Waals surface area contributed by atoms with Gasteiger partial charge in [0.15, 0.2) is 0 Å². The summed E-state index contributed by atoms with van der Waals surface area (Å²) >= 11 is 1.42. The fraction of sp³-hybridized carbons (Fsp3) is 0.778. The van der Waals surface area contributed by atoms with E-state index in [2.05, 4.69) is 9.59 Å². The molecule has 0 saturated carbocycles. The van der Waals surface area contributed by atoms with Crippen LogP contribution in [0.4, 0.5) is 0 Å². The second kappa shape index (κ2) is 4.33. The topological polar surface area (TPSA) is 61.0 Å². The summed E-state index contributed by atoms with van der Waals surface area (Å²) in [6.45, 7) is 3.64. The molecule has 2 rings (SSSR count). The molecule has 0 spiro atoms. The number of rotatable bonds is 2. The van der Waals surface area contributed by atoms with E-state index in [0.29, 0.717) is 5.92 Å². The molecule has 0 radical (unpaired) electrons. The maximum Gasteiger partial charge on any atom is 0.0772 e. The summed E-state index contributed by atoms with van der Waals surface area (Å²) in [4.78, 5) is 1.14. The first-order valence-corrected chi connectivity index (χ1v) is 5.68. The number of aryl methyl sites for hydroxylation is 1. The molecule has 1 aliphatic rings. The molecular formula is C9H15N3OS. The molecule has 0 aromatic carbocycles. The SMILES string of the molecule is Cc1nnsc1C(N)C1CCOCC1. The fourth-order valence-electron chi connectivity index (χ4n) is 1.83. The summed E-state index contributed by atoms with van der Waals surface area (Å²) in [5.74, 6) is 0.532. The predicted octanol–water partition coefficient (Wildman–Crippen LogP) is 1.27. The van der Waals surface area contributed by atoms with Gasteiger partial charge in [-0.25, -0.2) is 0 Å². The summed E-state index contributed by atoms with van der Waals surface area (Å²) in [5, 5.41) is 3.99. The van der Waals surface area contributed by atoms with E-state index < -0.39 is 0 Å². The molecule has 14 heavy (non-hydrogen) atoms. The van der Waals surface area contributed by atoms with E-state index in [4.69, 9.17) is 10.5 Å². The highest BCUT2D eigenvalue weighted by Gasteiger charge is 2.25. The van der Waals surface area contributed by atoms with Gasteiger partial charge in [0.05, 0.1) is 10.6 Å². The highest BCUT2D eigenvalue weighted by Crippen LogP contribution is 2.30. The van der Waals surface area contributed by atoms with Crippen molar-refractivity contribution in [2.45, 2.75) is 25.8 Å². The molecular weight excluding hydrogens is 198 g/mol. The molecule has 2 heterocycles. The minimum Gasteiger partial charge on any atom is -0.381 e. The lowest BCUT2D eigenvalue weighted by molar-refractivity contribution is 0.0586. The van der Waals surface area contributed by atoms with Crippen LogP contribution in [0.15, 0.2) is 0 Å². The van der Waals surface area contributed by atoms with Crippen LogP contribution >= 0.6 is 11.5 Å². The summed E-state index contributed by atoms with van der Waals surface area (Å²) < 4.78 is 9.23. The maximum absolute atomic E-state index is 6.19. The van der Waals surface area contributed by atoms with Crippen molar-refractivity contribution in [3.05, 3.63) is 10.6 Å². The van der Waals surface area contributed by atoms with E-state index in [1.165, 1.54) is 11.5 Å². The van der Waals surface area contributed by atoms with Crippen LogP contribution in [0.2, 0.25) is 0 Å². The number of hydrogen-bond donors (Lipinski definition) is 1. The van der Waals surface area contributed by atoms with E-state index in [9.17, 15) is 0 Å². The van der Waals surface area contributed by atoms with Crippen LogP contribution < -0.4 is 5.73 Å². The largest absolute Gasteiger partial charge is 0.381 e. The molecule has 4 nitrogen and oxygen atoms in total. The van der Waals surface area contributed by atoms with Gasteiger partial charge in [0.1, 0.15) is 0 Å². The van der Waals surface area contributed by atoms with Crippen molar-refractivity contribution in [2.75, 3.05) is 13.2 Å². The number of nitrogens with two attached hydrogens (primary N) is 1. The van der Waals surface area contributed by atoms with Gasteiger partial charge in [-0.2, -0.15) is 0 Å². The Morgan fingerprint density at radius 3 is 2.79 bits per heavy atom. The Morgan fingerprint density at radius 2 is 2.21 bits per heavy atom. The third-order valence-corrected chi connectivity index (χ3v) is 3.69. The number of aromatic nitrogens is 2. The third-order valence-electron chi connectivity index (χ3n) is 2.76. The van der Waals surface area contributed by atoms with Crippen molar-refractivity contribution >= 4 is 11.5 Å². The molecule has 0 amide bonds. The van der Waals surface area contributed by atoms with Gasteiger partial charge in [0.2, 0.25) is 0 Å². The Balaban J connectivity index is 2.07. The van der Waals surface area contributed by atoms with E-state index in [-0.39, 0.29) is 6.04 Å². The third kappa shape index (κ3) is 1.94. The van der Waals surface area contributed by atoms with Gasteiger partial charge in [-0.1, -0.05) is 4.49 Å². The molecule has 1 aromatic heterocycles. The van der Waals surface area contributed by atoms with Crippen LogP contribution in [0.5, 0.6) is 0 Å². The number of nitrogens with zero attached hydrogens (tertiary/aromatic N) is 2. The van der Waals surface area contributed by atoms with Crippen LogP contribution in [-0.2, 0) is 4.74 Å². The molecule has 1 aliphatic heterocycles. The zero-order chi connectivity index (χ0) is 9.97. The average molecular weight is 213 g/mol. The van der Waals surface area contributed by atoms with Crippen molar-refractivity contribution in [2.24, 2.45) is 11.7 Å². The Kier molecular flexibility index (Phi) is 3.10. The predicted molar refractivity (Wildman–Crippen MR) is 55.1 cm³/mol. The number of hydrogen-bond acceptors (Lipinski definition) is 5. The summed E-state index contributed by atoms with van der Waals surface area (Å²) in [7, 11) is 0. The lowest BCUT2D eigenvalue weighted by atomic mass is 9.91. The molecule has 0 aliphatic carbocycles. The Labute approximate surface area is 87.6 Å². The Bertz CT molecular complexity index is 296. The molecule has 1 saturated heterocycles. The van der Waals surface area contributed by atoms with E-state index >= 15 is 0 Å². The van der Waals surface area contributed by atoms with Crippen molar-refractivity contribution in [3.8, 4) is 0 Å². The lowest BCUT2D eigenvalue weighted by Crippen LogP contribution is -2.27. The highest BCUT2D eigenvalue weighted by molar-refractivity contribution is 7.05. The zero-order valence-corrected chi connectivity index (χ0v) is 9.09.